The summed E-state index contributed by atoms with van der Waals surface area (Å²) in [5, 5.41) is 14.6. The number of halogens is 1. The molecule has 1 heterocycles. The first kappa shape index (κ1) is 15.2. The van der Waals surface area contributed by atoms with Crippen LogP contribution in [0.3, 0.4) is 0 Å². The molecule has 1 saturated carbocycles. The third-order valence-corrected chi connectivity index (χ3v) is 6.26. The molecule has 122 valence electrons. The van der Waals surface area contributed by atoms with Crippen LogP contribution in [0.4, 0.5) is 4.39 Å². The van der Waals surface area contributed by atoms with E-state index in [-0.39, 0.29) is 11.9 Å². The average Bonchev–Trinajstić information content (AvgIpc) is 2.96. The SMILES string of the molecule is OC1(CNC2CCCc3nc(-c4ccccc4F)sc32)CCC1. The summed E-state index contributed by atoms with van der Waals surface area (Å²) in [6.45, 7) is 0.643. The Morgan fingerprint density at radius 1 is 1.30 bits per heavy atom. The predicted molar refractivity (Wildman–Crippen MR) is 90.0 cm³/mol. The molecule has 4 rings (SSSR count). The van der Waals surface area contributed by atoms with Gasteiger partial charge in [0.2, 0.25) is 0 Å². The van der Waals surface area contributed by atoms with Crippen molar-refractivity contribution in [3.63, 3.8) is 0 Å². The molecule has 0 spiro atoms. The molecule has 5 heteroatoms. The van der Waals surface area contributed by atoms with Gasteiger partial charge in [-0.15, -0.1) is 11.3 Å². The van der Waals surface area contributed by atoms with E-state index in [2.05, 4.69) is 10.3 Å². The van der Waals surface area contributed by atoms with E-state index < -0.39 is 5.60 Å². The van der Waals surface area contributed by atoms with Crippen LogP contribution in [-0.2, 0) is 6.42 Å². The zero-order valence-corrected chi connectivity index (χ0v) is 13.8. The number of benzene rings is 1. The van der Waals surface area contributed by atoms with Crippen molar-refractivity contribution < 1.29 is 9.50 Å². The van der Waals surface area contributed by atoms with E-state index in [1.807, 2.05) is 6.07 Å². The van der Waals surface area contributed by atoms with Gasteiger partial charge in [-0.25, -0.2) is 9.37 Å². The lowest BCUT2D eigenvalue weighted by Gasteiger charge is -2.38. The van der Waals surface area contributed by atoms with E-state index >= 15 is 0 Å². The Balaban J connectivity index is 1.57. The molecule has 0 amide bonds. The normalized spacial score (nSPS) is 22.4. The molecule has 3 nitrogen and oxygen atoms in total. The highest BCUT2D eigenvalue weighted by Gasteiger charge is 2.35. The summed E-state index contributed by atoms with van der Waals surface area (Å²) < 4.78 is 14.0. The fourth-order valence-corrected chi connectivity index (χ4v) is 4.69. The van der Waals surface area contributed by atoms with E-state index in [1.165, 1.54) is 10.9 Å². The van der Waals surface area contributed by atoms with Gasteiger partial charge >= 0.3 is 0 Å². The number of hydrogen-bond acceptors (Lipinski definition) is 4. The minimum atomic E-state index is -0.517. The lowest BCUT2D eigenvalue weighted by Crippen LogP contribution is -2.47. The highest BCUT2D eigenvalue weighted by atomic mass is 32.1. The summed E-state index contributed by atoms with van der Waals surface area (Å²) in [5.74, 6) is -0.216. The van der Waals surface area contributed by atoms with Gasteiger partial charge in [-0.3, -0.25) is 0 Å². The minimum Gasteiger partial charge on any atom is -0.389 e. The van der Waals surface area contributed by atoms with Gasteiger partial charge in [-0.05, 0) is 50.7 Å². The zero-order valence-electron chi connectivity index (χ0n) is 13.0. The van der Waals surface area contributed by atoms with E-state index in [9.17, 15) is 9.50 Å². The molecule has 0 radical (unpaired) electrons. The summed E-state index contributed by atoms with van der Waals surface area (Å²) in [6.07, 6.45) is 6.01. The topological polar surface area (TPSA) is 45.1 Å². The Bertz CT molecular complexity index is 711. The van der Waals surface area contributed by atoms with Crippen molar-refractivity contribution in [2.75, 3.05) is 6.54 Å². The van der Waals surface area contributed by atoms with Crippen molar-refractivity contribution in [1.82, 2.24) is 10.3 Å². The summed E-state index contributed by atoms with van der Waals surface area (Å²) in [7, 11) is 0. The van der Waals surface area contributed by atoms with Gasteiger partial charge in [0.05, 0.1) is 11.3 Å². The fourth-order valence-electron chi connectivity index (χ4n) is 3.44. The summed E-state index contributed by atoms with van der Waals surface area (Å²) >= 11 is 1.59. The van der Waals surface area contributed by atoms with Crippen LogP contribution >= 0.6 is 11.3 Å². The lowest BCUT2D eigenvalue weighted by atomic mass is 9.80. The van der Waals surface area contributed by atoms with E-state index in [4.69, 9.17) is 0 Å². The second-order valence-corrected chi connectivity index (χ2v) is 7.74. The smallest absolute Gasteiger partial charge is 0.133 e. The average molecular weight is 332 g/mol. The van der Waals surface area contributed by atoms with Crippen molar-refractivity contribution in [2.45, 2.75) is 50.2 Å². The maximum atomic E-state index is 14.0. The Morgan fingerprint density at radius 2 is 2.13 bits per heavy atom. The largest absolute Gasteiger partial charge is 0.389 e. The Hall–Kier alpha value is -1.30. The monoisotopic (exact) mass is 332 g/mol. The van der Waals surface area contributed by atoms with Gasteiger partial charge in [-0.2, -0.15) is 0 Å². The molecular formula is C18H21FN2OS. The number of nitrogens with zero attached hydrogens (tertiary/aromatic N) is 1. The van der Waals surface area contributed by atoms with Crippen LogP contribution in [0.1, 0.15) is 48.7 Å². The summed E-state index contributed by atoms with van der Waals surface area (Å²) in [4.78, 5) is 5.91. The summed E-state index contributed by atoms with van der Waals surface area (Å²) in [5.41, 5.74) is 1.16. The standard InChI is InChI=1S/C18H21FN2OS/c19-13-6-2-1-5-12(13)17-21-15-8-3-7-14(16(15)23-17)20-11-18(22)9-4-10-18/h1-2,5-6,14,20,22H,3-4,7-11H2. The van der Waals surface area contributed by atoms with E-state index in [0.29, 0.717) is 12.1 Å². The molecule has 2 aliphatic rings. The molecule has 0 saturated heterocycles. The molecule has 1 aromatic heterocycles. The number of thiazole rings is 1. The third-order valence-electron chi connectivity index (χ3n) is 5.02. The Labute approximate surface area is 139 Å². The van der Waals surface area contributed by atoms with Crippen LogP contribution in [0, 0.1) is 5.82 Å². The fraction of sp³-hybridized carbons (Fsp3) is 0.500. The highest BCUT2D eigenvalue weighted by Crippen LogP contribution is 2.39. The van der Waals surface area contributed by atoms with Gasteiger partial charge in [0.25, 0.3) is 0 Å². The van der Waals surface area contributed by atoms with Crippen LogP contribution in [0.5, 0.6) is 0 Å². The van der Waals surface area contributed by atoms with Crippen molar-refractivity contribution in [3.05, 3.63) is 40.7 Å². The van der Waals surface area contributed by atoms with Crippen molar-refractivity contribution in [2.24, 2.45) is 0 Å². The number of aryl methyl sites for hydroxylation is 1. The molecule has 23 heavy (non-hydrogen) atoms. The molecule has 2 aliphatic carbocycles. The molecule has 2 N–H and O–H groups in total. The lowest BCUT2D eigenvalue weighted by molar-refractivity contribution is -0.0335. The molecular weight excluding hydrogens is 311 g/mol. The van der Waals surface area contributed by atoms with Crippen LogP contribution in [-0.4, -0.2) is 22.2 Å². The van der Waals surface area contributed by atoms with Gasteiger partial charge < -0.3 is 10.4 Å². The van der Waals surface area contributed by atoms with Gasteiger partial charge in [-0.1, -0.05) is 12.1 Å². The molecule has 0 aliphatic heterocycles. The number of rotatable bonds is 4. The highest BCUT2D eigenvalue weighted by molar-refractivity contribution is 7.15. The molecule has 1 unspecified atom stereocenters. The Kier molecular flexibility index (Phi) is 3.95. The number of hydrogen-bond donors (Lipinski definition) is 2. The first-order valence-corrected chi connectivity index (χ1v) is 9.17. The molecule has 1 atom stereocenters. The van der Waals surface area contributed by atoms with E-state index in [1.54, 1.807) is 23.5 Å². The molecule has 1 fully saturated rings. The van der Waals surface area contributed by atoms with Crippen LogP contribution in [0.25, 0.3) is 10.6 Å². The quantitative estimate of drug-likeness (QED) is 0.894. The van der Waals surface area contributed by atoms with Crippen LogP contribution in [0.2, 0.25) is 0 Å². The van der Waals surface area contributed by atoms with Crippen molar-refractivity contribution in [1.29, 1.82) is 0 Å². The number of aromatic nitrogens is 1. The number of fused-ring (bicyclic) bond motifs is 1. The van der Waals surface area contributed by atoms with Gasteiger partial charge in [0.15, 0.2) is 0 Å². The zero-order chi connectivity index (χ0) is 15.9. The second-order valence-electron chi connectivity index (χ2n) is 6.71. The second kappa shape index (κ2) is 5.96. The first-order chi connectivity index (χ1) is 11.1. The first-order valence-electron chi connectivity index (χ1n) is 8.35. The van der Waals surface area contributed by atoms with Crippen molar-refractivity contribution in [3.8, 4) is 10.6 Å². The molecule has 1 aromatic carbocycles. The van der Waals surface area contributed by atoms with Crippen LogP contribution in [0.15, 0.2) is 24.3 Å². The predicted octanol–water partition coefficient (Wildman–Crippen LogP) is 3.83. The van der Waals surface area contributed by atoms with E-state index in [0.717, 1.165) is 49.2 Å². The van der Waals surface area contributed by atoms with Gasteiger partial charge in [0.1, 0.15) is 10.8 Å². The summed E-state index contributed by atoms with van der Waals surface area (Å²) in [6, 6.07) is 7.06. The molecule has 2 aromatic rings. The maximum absolute atomic E-state index is 14.0. The number of aliphatic hydroxyl groups is 1. The van der Waals surface area contributed by atoms with Gasteiger partial charge in [0, 0.05) is 23.0 Å². The minimum absolute atomic E-state index is 0.216. The number of nitrogens with one attached hydrogen (secondary N) is 1. The van der Waals surface area contributed by atoms with Crippen molar-refractivity contribution >= 4 is 11.3 Å². The molecule has 0 bridgehead atoms. The van der Waals surface area contributed by atoms with Crippen LogP contribution < -0.4 is 5.32 Å². The Morgan fingerprint density at radius 3 is 2.87 bits per heavy atom. The maximum Gasteiger partial charge on any atom is 0.133 e. The third kappa shape index (κ3) is 2.93.